The Morgan fingerprint density at radius 3 is 1.90 bits per heavy atom. The molecule has 0 aromatic heterocycles. The molecule has 0 spiro atoms. The number of benzene rings is 1. The summed E-state index contributed by atoms with van der Waals surface area (Å²) < 4.78 is 14.4. The van der Waals surface area contributed by atoms with E-state index in [4.69, 9.17) is 4.74 Å². The smallest absolute Gasteiger partial charge is 0.324 e. The Labute approximate surface area is 116 Å². The number of hydrogen-bond donors (Lipinski definition) is 0. The molecule has 0 fully saturated rings. The summed E-state index contributed by atoms with van der Waals surface area (Å²) >= 11 is 0. The van der Waals surface area contributed by atoms with Gasteiger partial charge in [0.05, 0.1) is 14.2 Å². The molecule has 0 amide bonds. The van der Waals surface area contributed by atoms with E-state index in [-0.39, 0.29) is 12.4 Å². The summed E-state index contributed by atoms with van der Waals surface area (Å²) in [7, 11) is 2.39. The van der Waals surface area contributed by atoms with Gasteiger partial charge in [0.1, 0.15) is 12.4 Å². The summed E-state index contributed by atoms with van der Waals surface area (Å²) in [5, 5.41) is 0. The first-order chi connectivity index (χ1) is 9.49. The van der Waals surface area contributed by atoms with Crippen LogP contribution in [0.5, 0.6) is 5.75 Å². The van der Waals surface area contributed by atoms with E-state index < -0.39 is 17.9 Å². The Morgan fingerprint density at radius 1 is 1.00 bits per heavy atom. The van der Waals surface area contributed by atoms with Crippen LogP contribution in [-0.4, -0.2) is 38.5 Å². The van der Waals surface area contributed by atoms with Crippen molar-refractivity contribution in [2.24, 2.45) is 0 Å². The van der Waals surface area contributed by atoms with Crippen LogP contribution in [0.25, 0.3) is 0 Å². The predicted molar refractivity (Wildman–Crippen MR) is 69.4 cm³/mol. The minimum absolute atomic E-state index is 0.0310. The van der Waals surface area contributed by atoms with E-state index in [1.807, 2.05) is 0 Å². The summed E-state index contributed by atoms with van der Waals surface area (Å²) in [5.74, 6) is -2.16. The first-order valence-electron chi connectivity index (χ1n) is 5.87. The third kappa shape index (κ3) is 4.08. The zero-order valence-corrected chi connectivity index (χ0v) is 11.5. The van der Waals surface area contributed by atoms with E-state index in [0.29, 0.717) is 11.3 Å². The molecule has 0 N–H and O–H groups in total. The van der Waals surface area contributed by atoms with Gasteiger partial charge >= 0.3 is 11.9 Å². The van der Waals surface area contributed by atoms with E-state index in [2.05, 4.69) is 9.47 Å². The third-order valence-electron chi connectivity index (χ3n) is 2.53. The largest absolute Gasteiger partial charge is 0.486 e. The maximum absolute atomic E-state index is 11.6. The number of carbonyl (C=O) groups excluding carboxylic acids is 3. The SMILES string of the molecule is COC(=O)C(C(=O)OC)c1ccc(OCC(C)=O)cc1. The topological polar surface area (TPSA) is 78.9 Å². The lowest BCUT2D eigenvalue weighted by molar-refractivity contribution is -0.154. The van der Waals surface area contributed by atoms with E-state index in [1.54, 1.807) is 24.3 Å². The molecule has 0 aliphatic carbocycles. The Bertz CT molecular complexity index is 475. The van der Waals surface area contributed by atoms with Crippen molar-refractivity contribution in [2.45, 2.75) is 12.8 Å². The lowest BCUT2D eigenvalue weighted by Crippen LogP contribution is -2.24. The summed E-state index contributed by atoms with van der Waals surface area (Å²) in [6.45, 7) is 1.38. The van der Waals surface area contributed by atoms with Crippen molar-refractivity contribution >= 4 is 17.7 Å². The maximum Gasteiger partial charge on any atom is 0.324 e. The number of hydrogen-bond acceptors (Lipinski definition) is 6. The van der Waals surface area contributed by atoms with Crippen LogP contribution in [0.15, 0.2) is 24.3 Å². The second-order valence-electron chi connectivity index (χ2n) is 4.04. The van der Waals surface area contributed by atoms with Gasteiger partial charge in [-0.25, -0.2) is 0 Å². The molecule has 1 aromatic carbocycles. The molecule has 0 unspecified atom stereocenters. The van der Waals surface area contributed by atoms with Crippen LogP contribution in [0.3, 0.4) is 0 Å². The van der Waals surface area contributed by atoms with E-state index in [0.717, 1.165) is 0 Å². The Hall–Kier alpha value is -2.37. The summed E-state index contributed by atoms with van der Waals surface area (Å²) in [6, 6.07) is 6.23. The molecule has 1 aromatic rings. The van der Waals surface area contributed by atoms with E-state index in [1.165, 1.54) is 21.1 Å². The Morgan fingerprint density at radius 2 is 1.50 bits per heavy atom. The summed E-state index contributed by atoms with van der Waals surface area (Å²) in [4.78, 5) is 34.0. The zero-order valence-electron chi connectivity index (χ0n) is 11.5. The molecule has 0 heterocycles. The second-order valence-corrected chi connectivity index (χ2v) is 4.04. The van der Waals surface area contributed by atoms with Crippen molar-refractivity contribution < 1.29 is 28.6 Å². The fourth-order valence-electron chi connectivity index (χ4n) is 1.55. The van der Waals surface area contributed by atoms with Gasteiger partial charge in [-0.15, -0.1) is 0 Å². The molecule has 0 aliphatic heterocycles. The van der Waals surface area contributed by atoms with Crippen LogP contribution in [0, 0.1) is 0 Å². The lowest BCUT2D eigenvalue weighted by atomic mass is 9.99. The fourth-order valence-corrected chi connectivity index (χ4v) is 1.55. The molecule has 6 nitrogen and oxygen atoms in total. The van der Waals surface area contributed by atoms with Crippen LogP contribution in [0.4, 0.5) is 0 Å². The van der Waals surface area contributed by atoms with Crippen molar-refractivity contribution in [3.63, 3.8) is 0 Å². The van der Waals surface area contributed by atoms with Crippen molar-refractivity contribution in [2.75, 3.05) is 20.8 Å². The number of methoxy groups -OCH3 is 2. The Kier molecular flexibility index (Phi) is 5.71. The van der Waals surface area contributed by atoms with Crippen molar-refractivity contribution in [1.29, 1.82) is 0 Å². The molecular weight excluding hydrogens is 264 g/mol. The number of rotatable bonds is 6. The van der Waals surface area contributed by atoms with Gasteiger partial charge in [-0.2, -0.15) is 0 Å². The average Bonchev–Trinajstić information content (AvgIpc) is 2.46. The normalized spacial score (nSPS) is 10.0. The highest BCUT2D eigenvalue weighted by Gasteiger charge is 2.30. The number of Topliss-reactive ketones (excluding diaryl/α,β-unsaturated/α-hetero) is 1. The predicted octanol–water partition coefficient (Wildman–Crippen LogP) is 1.08. The van der Waals surface area contributed by atoms with Gasteiger partial charge < -0.3 is 14.2 Å². The van der Waals surface area contributed by atoms with Gasteiger partial charge in [0.25, 0.3) is 0 Å². The molecule has 0 atom stereocenters. The van der Waals surface area contributed by atoms with Crippen LogP contribution < -0.4 is 4.74 Å². The number of carbonyl (C=O) groups is 3. The second kappa shape index (κ2) is 7.28. The molecule has 0 saturated carbocycles. The molecule has 0 saturated heterocycles. The van der Waals surface area contributed by atoms with Crippen molar-refractivity contribution in [3.05, 3.63) is 29.8 Å². The van der Waals surface area contributed by atoms with Crippen molar-refractivity contribution in [3.8, 4) is 5.75 Å². The van der Waals surface area contributed by atoms with Gasteiger partial charge in [0, 0.05) is 0 Å². The highest BCUT2D eigenvalue weighted by molar-refractivity contribution is 6.00. The average molecular weight is 280 g/mol. The number of esters is 2. The summed E-state index contributed by atoms with van der Waals surface area (Å²) in [5.41, 5.74) is 0.430. The first kappa shape index (κ1) is 15.7. The number of ether oxygens (including phenoxy) is 3. The zero-order chi connectivity index (χ0) is 15.1. The van der Waals surface area contributed by atoms with Gasteiger partial charge in [-0.1, -0.05) is 12.1 Å². The van der Waals surface area contributed by atoms with E-state index in [9.17, 15) is 14.4 Å². The molecule has 0 aliphatic rings. The lowest BCUT2D eigenvalue weighted by Gasteiger charge is -2.13. The molecule has 20 heavy (non-hydrogen) atoms. The van der Waals surface area contributed by atoms with Crippen LogP contribution in [-0.2, 0) is 23.9 Å². The maximum atomic E-state index is 11.6. The highest BCUT2D eigenvalue weighted by atomic mass is 16.5. The van der Waals surface area contributed by atoms with Crippen LogP contribution in [0.1, 0.15) is 18.4 Å². The van der Waals surface area contributed by atoms with Gasteiger partial charge in [-0.3, -0.25) is 14.4 Å². The summed E-state index contributed by atoms with van der Waals surface area (Å²) in [6.07, 6.45) is 0. The molecular formula is C14H16O6. The minimum Gasteiger partial charge on any atom is -0.486 e. The van der Waals surface area contributed by atoms with Gasteiger partial charge in [-0.05, 0) is 24.6 Å². The van der Waals surface area contributed by atoms with Gasteiger partial charge in [0.15, 0.2) is 11.7 Å². The molecule has 1 rings (SSSR count). The van der Waals surface area contributed by atoms with Crippen LogP contribution >= 0.6 is 0 Å². The first-order valence-corrected chi connectivity index (χ1v) is 5.87. The van der Waals surface area contributed by atoms with Crippen molar-refractivity contribution in [1.82, 2.24) is 0 Å². The van der Waals surface area contributed by atoms with Gasteiger partial charge in [0.2, 0.25) is 0 Å². The highest BCUT2D eigenvalue weighted by Crippen LogP contribution is 2.22. The molecule has 0 bridgehead atoms. The molecule has 6 heteroatoms. The fraction of sp³-hybridized carbons (Fsp3) is 0.357. The minimum atomic E-state index is -1.13. The quantitative estimate of drug-likeness (QED) is 0.573. The monoisotopic (exact) mass is 280 g/mol. The standard InChI is InChI=1S/C14H16O6/c1-9(15)8-20-11-6-4-10(5-7-11)12(13(16)18-2)14(17)19-3/h4-7,12H,8H2,1-3H3. The molecule has 108 valence electrons. The van der Waals surface area contributed by atoms with Crippen LogP contribution in [0.2, 0.25) is 0 Å². The molecule has 0 radical (unpaired) electrons. The number of ketones is 1. The third-order valence-corrected chi connectivity index (χ3v) is 2.53. The Balaban J connectivity index is 2.90. The van der Waals surface area contributed by atoms with E-state index >= 15 is 0 Å².